The molecule has 3 heterocycles. The average Bonchev–Trinajstić information content (AvgIpc) is 3.30. The molecule has 0 unspecified atom stereocenters. The van der Waals surface area contributed by atoms with Crippen LogP contribution in [0.15, 0.2) is 61.4 Å². The lowest BCUT2D eigenvalue weighted by Gasteiger charge is -2.35. The maximum absolute atomic E-state index is 11.8. The molecule has 1 aliphatic rings. The minimum absolute atomic E-state index is 0.189. The molecular weight excluding hydrogens is 530 g/mol. The van der Waals surface area contributed by atoms with Crippen LogP contribution in [0.25, 0.3) is 22.2 Å². The summed E-state index contributed by atoms with van der Waals surface area (Å²) in [5, 5.41) is 16.6. The SMILES string of the molecule is C=CC(=O)Nc1ccc(OC)c(Nc2ncc(Cl)c(-c3cn(C)c4cc(N5CCN(CCO)CC5)ccc34)n2)c1. The number of hydrogen-bond donors (Lipinski definition) is 3. The van der Waals surface area contributed by atoms with Crippen LogP contribution in [0.5, 0.6) is 5.75 Å². The number of rotatable bonds is 9. The summed E-state index contributed by atoms with van der Waals surface area (Å²) in [4.78, 5) is 25.6. The molecule has 4 aromatic rings. The van der Waals surface area contributed by atoms with Crippen LogP contribution in [0.4, 0.5) is 23.0 Å². The first-order valence-electron chi connectivity index (χ1n) is 13.0. The highest BCUT2D eigenvalue weighted by Gasteiger charge is 2.20. The van der Waals surface area contributed by atoms with Crippen molar-refractivity contribution in [2.45, 2.75) is 0 Å². The summed E-state index contributed by atoms with van der Waals surface area (Å²) in [5.41, 5.74) is 4.88. The zero-order valence-electron chi connectivity index (χ0n) is 22.5. The van der Waals surface area contributed by atoms with E-state index in [2.05, 4.69) is 54.8 Å². The third-order valence-electron chi connectivity index (χ3n) is 7.03. The molecule has 40 heavy (non-hydrogen) atoms. The van der Waals surface area contributed by atoms with Crippen molar-refractivity contribution < 1.29 is 14.6 Å². The first kappa shape index (κ1) is 27.4. The highest BCUT2D eigenvalue weighted by molar-refractivity contribution is 6.33. The highest BCUT2D eigenvalue weighted by Crippen LogP contribution is 2.36. The summed E-state index contributed by atoms with van der Waals surface area (Å²) in [6.45, 7) is 8.08. The Balaban J connectivity index is 1.43. The Morgan fingerprint density at radius 1 is 1.20 bits per heavy atom. The molecule has 2 aromatic carbocycles. The number of fused-ring (bicyclic) bond motifs is 1. The summed E-state index contributed by atoms with van der Waals surface area (Å²) in [6.07, 6.45) is 4.80. The molecule has 0 radical (unpaired) electrons. The molecule has 10 nitrogen and oxygen atoms in total. The minimum atomic E-state index is -0.316. The van der Waals surface area contributed by atoms with Gasteiger partial charge in [-0.3, -0.25) is 9.69 Å². The fourth-order valence-electron chi connectivity index (χ4n) is 4.94. The van der Waals surface area contributed by atoms with Crippen LogP contribution in [-0.2, 0) is 11.8 Å². The Kier molecular flexibility index (Phi) is 8.20. The summed E-state index contributed by atoms with van der Waals surface area (Å²) in [5.74, 6) is 0.579. The fourth-order valence-corrected chi connectivity index (χ4v) is 5.14. The van der Waals surface area contributed by atoms with E-state index in [9.17, 15) is 9.90 Å². The van der Waals surface area contributed by atoms with Gasteiger partial charge in [0.25, 0.3) is 0 Å². The van der Waals surface area contributed by atoms with Gasteiger partial charge in [0.1, 0.15) is 5.75 Å². The van der Waals surface area contributed by atoms with Crippen molar-refractivity contribution in [3.8, 4) is 17.0 Å². The normalized spacial score (nSPS) is 13.8. The second kappa shape index (κ2) is 12.0. The first-order valence-corrected chi connectivity index (χ1v) is 13.4. The lowest BCUT2D eigenvalue weighted by Crippen LogP contribution is -2.47. The molecule has 2 aromatic heterocycles. The van der Waals surface area contributed by atoms with Crippen LogP contribution in [0, 0.1) is 0 Å². The molecule has 5 rings (SSSR count). The van der Waals surface area contributed by atoms with Crippen molar-refractivity contribution in [3.63, 3.8) is 0 Å². The molecule has 1 aliphatic heterocycles. The average molecular weight is 562 g/mol. The van der Waals surface area contributed by atoms with Crippen molar-refractivity contribution in [2.75, 3.05) is 62.0 Å². The number of halogens is 1. The minimum Gasteiger partial charge on any atom is -0.495 e. The Bertz CT molecular complexity index is 1550. The van der Waals surface area contributed by atoms with Gasteiger partial charge < -0.3 is 29.9 Å². The number of methoxy groups -OCH3 is 1. The predicted molar refractivity (Wildman–Crippen MR) is 160 cm³/mol. The molecule has 208 valence electrons. The summed E-state index contributed by atoms with van der Waals surface area (Å²) >= 11 is 6.62. The molecule has 0 saturated carbocycles. The van der Waals surface area contributed by atoms with Crippen molar-refractivity contribution in [1.82, 2.24) is 19.4 Å². The van der Waals surface area contributed by atoms with Gasteiger partial charge in [0.15, 0.2) is 0 Å². The standard InChI is InChI=1S/C29H32ClN7O3/c1-4-27(39)32-19-5-8-26(40-3)24(15-19)33-29-31-17-23(30)28(34-29)22-18-35(2)25-16-20(6-7-21(22)25)37-11-9-36(10-12-37)13-14-38/h4-8,15-18,38H,1,9-14H2,2-3H3,(H,32,39)(H,31,33,34). The van der Waals surface area contributed by atoms with Crippen molar-refractivity contribution in [1.29, 1.82) is 0 Å². The monoisotopic (exact) mass is 561 g/mol. The van der Waals surface area contributed by atoms with Crippen LogP contribution >= 0.6 is 11.6 Å². The number of aromatic nitrogens is 3. The lowest BCUT2D eigenvalue weighted by atomic mass is 10.1. The topological polar surface area (TPSA) is 108 Å². The highest BCUT2D eigenvalue weighted by atomic mass is 35.5. The number of anilines is 4. The molecule has 11 heteroatoms. The van der Waals surface area contributed by atoms with Crippen LogP contribution in [0.1, 0.15) is 0 Å². The quantitative estimate of drug-likeness (QED) is 0.260. The molecule has 0 spiro atoms. The van der Waals surface area contributed by atoms with Gasteiger partial charge in [-0.2, -0.15) is 0 Å². The van der Waals surface area contributed by atoms with Crippen molar-refractivity contribution in [2.24, 2.45) is 7.05 Å². The number of amides is 1. The van der Waals surface area contributed by atoms with Gasteiger partial charge >= 0.3 is 0 Å². The summed E-state index contributed by atoms with van der Waals surface area (Å²) < 4.78 is 7.56. The number of nitrogens with one attached hydrogen (secondary N) is 2. The third-order valence-corrected chi connectivity index (χ3v) is 7.30. The second-order valence-corrected chi connectivity index (χ2v) is 9.94. The van der Waals surface area contributed by atoms with Crippen molar-refractivity contribution in [3.05, 3.63) is 66.5 Å². The van der Waals surface area contributed by atoms with Gasteiger partial charge in [0.05, 0.1) is 41.8 Å². The van der Waals surface area contributed by atoms with E-state index in [-0.39, 0.29) is 12.5 Å². The number of aliphatic hydroxyl groups excluding tert-OH is 1. The van der Waals surface area contributed by atoms with Gasteiger partial charge in [-0.25, -0.2) is 9.97 Å². The number of ether oxygens (including phenoxy) is 1. The number of carbonyl (C=O) groups excluding carboxylic acids is 1. The number of hydrogen-bond acceptors (Lipinski definition) is 8. The van der Waals surface area contributed by atoms with E-state index in [1.807, 2.05) is 13.2 Å². The Hall–Kier alpha value is -4.12. The molecule has 1 amide bonds. The van der Waals surface area contributed by atoms with E-state index in [4.69, 9.17) is 21.3 Å². The molecule has 3 N–H and O–H groups in total. The van der Waals surface area contributed by atoms with Crippen LogP contribution in [0.3, 0.4) is 0 Å². The smallest absolute Gasteiger partial charge is 0.247 e. The maximum atomic E-state index is 11.8. The fraction of sp³-hybridized carbons (Fsp3) is 0.276. The number of aryl methyl sites for hydroxylation is 1. The molecule has 0 bridgehead atoms. The summed E-state index contributed by atoms with van der Waals surface area (Å²) in [7, 11) is 3.58. The van der Waals surface area contributed by atoms with Crippen LogP contribution < -0.4 is 20.3 Å². The van der Waals surface area contributed by atoms with Gasteiger partial charge in [0, 0.05) is 68.3 Å². The van der Waals surface area contributed by atoms with Crippen LogP contribution in [-0.4, -0.2) is 76.9 Å². The zero-order valence-corrected chi connectivity index (χ0v) is 23.3. The molecule has 0 aliphatic carbocycles. The molecule has 0 atom stereocenters. The number of carbonyl (C=O) groups is 1. The number of aliphatic hydroxyl groups is 1. The Morgan fingerprint density at radius 2 is 2.00 bits per heavy atom. The van der Waals surface area contributed by atoms with Gasteiger partial charge in [-0.15, -0.1) is 0 Å². The molecule has 1 fully saturated rings. The van der Waals surface area contributed by atoms with E-state index >= 15 is 0 Å². The number of nitrogens with zero attached hydrogens (tertiary/aromatic N) is 5. The van der Waals surface area contributed by atoms with E-state index < -0.39 is 0 Å². The number of β-amino-alcohol motifs (C(OH)–C–C–N with tert-alkyl or cyclic N) is 1. The predicted octanol–water partition coefficient (Wildman–Crippen LogP) is 4.28. The lowest BCUT2D eigenvalue weighted by molar-refractivity contribution is -0.111. The number of benzene rings is 2. The Labute approximate surface area is 237 Å². The Morgan fingerprint density at radius 3 is 2.73 bits per heavy atom. The second-order valence-electron chi connectivity index (χ2n) is 9.53. The zero-order chi connectivity index (χ0) is 28.2. The van der Waals surface area contributed by atoms with Gasteiger partial charge in [-0.05, 0) is 36.4 Å². The van der Waals surface area contributed by atoms with E-state index in [0.29, 0.717) is 40.3 Å². The number of piperazine rings is 1. The molecule has 1 saturated heterocycles. The first-order chi connectivity index (χ1) is 19.4. The van der Waals surface area contributed by atoms with Crippen molar-refractivity contribution >= 4 is 51.4 Å². The van der Waals surface area contributed by atoms with Gasteiger partial charge in [-0.1, -0.05) is 24.2 Å². The van der Waals surface area contributed by atoms with Crippen LogP contribution in [0.2, 0.25) is 5.02 Å². The van der Waals surface area contributed by atoms with Gasteiger partial charge in [0.2, 0.25) is 11.9 Å². The largest absolute Gasteiger partial charge is 0.495 e. The third kappa shape index (κ3) is 5.74. The van der Waals surface area contributed by atoms with E-state index in [0.717, 1.165) is 48.3 Å². The summed E-state index contributed by atoms with van der Waals surface area (Å²) in [6, 6.07) is 11.7. The van der Waals surface area contributed by atoms with E-state index in [1.165, 1.54) is 6.08 Å². The molecular formula is C29H32ClN7O3. The maximum Gasteiger partial charge on any atom is 0.247 e. The van der Waals surface area contributed by atoms with E-state index in [1.54, 1.807) is 31.5 Å².